The van der Waals surface area contributed by atoms with Gasteiger partial charge in [0, 0.05) is 17.1 Å². The second-order valence-corrected chi connectivity index (χ2v) is 4.95. The Labute approximate surface area is 106 Å². The molecule has 0 aromatic heterocycles. The van der Waals surface area contributed by atoms with Crippen LogP contribution >= 0.6 is 11.6 Å². The van der Waals surface area contributed by atoms with E-state index in [1.54, 1.807) is 0 Å². The first-order valence-electron chi connectivity index (χ1n) is 5.83. The molecule has 1 aliphatic rings. The van der Waals surface area contributed by atoms with Crippen molar-refractivity contribution in [2.45, 2.75) is 31.8 Å². The van der Waals surface area contributed by atoms with Crippen LogP contribution in [0.2, 0.25) is 5.02 Å². The largest absolute Gasteiger partial charge is 0.481 e. The first-order valence-corrected chi connectivity index (χ1v) is 6.20. The highest BCUT2D eigenvalue weighted by molar-refractivity contribution is 6.31. The maximum absolute atomic E-state index is 10.9. The summed E-state index contributed by atoms with van der Waals surface area (Å²) in [6.45, 7) is 2.01. The summed E-state index contributed by atoms with van der Waals surface area (Å²) in [4.78, 5) is 10.9. The van der Waals surface area contributed by atoms with Crippen LogP contribution in [-0.4, -0.2) is 17.1 Å². The zero-order valence-corrected chi connectivity index (χ0v) is 10.4. The number of hydrogen-bond donors (Lipinski definition) is 2. The third-order valence-electron chi connectivity index (χ3n) is 3.43. The van der Waals surface area contributed by atoms with Crippen molar-refractivity contribution in [2.75, 3.05) is 0 Å². The van der Waals surface area contributed by atoms with Crippen molar-refractivity contribution in [3.63, 3.8) is 0 Å². The minimum absolute atomic E-state index is 0.0683. The number of aliphatic carboxylic acids is 1. The minimum Gasteiger partial charge on any atom is -0.481 e. The minimum atomic E-state index is -0.708. The number of carboxylic acid groups (broad SMARTS) is 1. The van der Waals surface area contributed by atoms with Gasteiger partial charge in [0.1, 0.15) is 0 Å². The van der Waals surface area contributed by atoms with Crippen molar-refractivity contribution in [1.82, 2.24) is 5.32 Å². The highest BCUT2D eigenvalue weighted by atomic mass is 35.5. The summed E-state index contributed by atoms with van der Waals surface area (Å²) in [5, 5.41) is 13.0. The van der Waals surface area contributed by atoms with Crippen LogP contribution < -0.4 is 5.32 Å². The Morgan fingerprint density at radius 2 is 2.18 bits per heavy atom. The smallest absolute Gasteiger partial charge is 0.308 e. The fourth-order valence-electron chi connectivity index (χ4n) is 2.23. The molecule has 1 aromatic carbocycles. The van der Waals surface area contributed by atoms with E-state index in [-0.39, 0.29) is 18.0 Å². The third kappa shape index (κ3) is 2.61. The van der Waals surface area contributed by atoms with Crippen LogP contribution in [0.25, 0.3) is 0 Å². The van der Waals surface area contributed by atoms with Crippen molar-refractivity contribution in [2.24, 2.45) is 5.92 Å². The van der Waals surface area contributed by atoms with Crippen LogP contribution in [0.5, 0.6) is 0 Å². The monoisotopic (exact) mass is 253 g/mol. The quantitative estimate of drug-likeness (QED) is 0.868. The Bertz CT molecular complexity index is 422. The molecule has 0 radical (unpaired) electrons. The predicted molar refractivity (Wildman–Crippen MR) is 67.2 cm³/mol. The Balaban J connectivity index is 2.00. The topological polar surface area (TPSA) is 49.3 Å². The lowest BCUT2D eigenvalue weighted by Gasteiger charge is -2.36. The van der Waals surface area contributed by atoms with E-state index in [2.05, 4.69) is 5.32 Å². The zero-order valence-electron chi connectivity index (χ0n) is 9.69. The molecule has 1 saturated carbocycles. The van der Waals surface area contributed by atoms with Gasteiger partial charge in [0.2, 0.25) is 0 Å². The Morgan fingerprint density at radius 3 is 2.71 bits per heavy atom. The summed E-state index contributed by atoms with van der Waals surface area (Å²) in [5.74, 6) is -0.958. The summed E-state index contributed by atoms with van der Waals surface area (Å²) >= 11 is 6.11. The van der Waals surface area contributed by atoms with Gasteiger partial charge in [0.05, 0.1) is 5.92 Å². The molecule has 1 fully saturated rings. The number of benzene rings is 1. The van der Waals surface area contributed by atoms with Gasteiger partial charge in [-0.15, -0.1) is 0 Å². The molecule has 0 bridgehead atoms. The second-order valence-electron chi connectivity index (χ2n) is 4.54. The maximum atomic E-state index is 10.9. The lowest BCUT2D eigenvalue weighted by Crippen LogP contribution is -2.48. The zero-order chi connectivity index (χ0) is 12.4. The summed E-state index contributed by atoms with van der Waals surface area (Å²) in [6.07, 6.45) is 1.69. The lowest BCUT2D eigenvalue weighted by molar-refractivity contribution is -0.146. The van der Waals surface area contributed by atoms with E-state index in [0.29, 0.717) is 0 Å². The average molecular weight is 254 g/mol. The molecule has 0 spiro atoms. The van der Waals surface area contributed by atoms with Crippen LogP contribution in [-0.2, 0) is 4.79 Å². The van der Waals surface area contributed by atoms with Crippen molar-refractivity contribution < 1.29 is 9.90 Å². The van der Waals surface area contributed by atoms with Crippen LogP contribution in [0.15, 0.2) is 24.3 Å². The molecule has 17 heavy (non-hydrogen) atoms. The molecule has 1 aliphatic carbocycles. The molecule has 4 heteroatoms. The van der Waals surface area contributed by atoms with Gasteiger partial charge in [-0.2, -0.15) is 0 Å². The van der Waals surface area contributed by atoms with Gasteiger partial charge >= 0.3 is 5.97 Å². The number of carbonyl (C=O) groups is 1. The number of carboxylic acids is 1. The number of halogens is 1. The molecule has 0 saturated heterocycles. The van der Waals surface area contributed by atoms with Gasteiger partial charge in [-0.25, -0.2) is 0 Å². The molecule has 2 rings (SSSR count). The highest BCUT2D eigenvalue weighted by Crippen LogP contribution is 2.31. The molecule has 0 amide bonds. The van der Waals surface area contributed by atoms with E-state index >= 15 is 0 Å². The van der Waals surface area contributed by atoms with E-state index in [0.717, 1.165) is 23.4 Å². The first-order chi connectivity index (χ1) is 8.09. The molecular weight excluding hydrogens is 238 g/mol. The molecular formula is C13H16ClNO2. The van der Waals surface area contributed by atoms with E-state index in [1.807, 2.05) is 31.2 Å². The molecule has 2 N–H and O–H groups in total. The lowest BCUT2D eigenvalue weighted by atomic mass is 9.79. The van der Waals surface area contributed by atoms with Gasteiger partial charge < -0.3 is 10.4 Å². The molecule has 3 atom stereocenters. The Hall–Kier alpha value is -1.06. The van der Waals surface area contributed by atoms with Crippen LogP contribution in [0.3, 0.4) is 0 Å². The summed E-state index contributed by atoms with van der Waals surface area (Å²) < 4.78 is 0. The molecule has 3 nitrogen and oxygen atoms in total. The summed E-state index contributed by atoms with van der Waals surface area (Å²) in [6, 6.07) is 7.80. The van der Waals surface area contributed by atoms with Gasteiger partial charge in [0.25, 0.3) is 0 Å². The summed E-state index contributed by atoms with van der Waals surface area (Å²) in [7, 11) is 0. The van der Waals surface area contributed by atoms with Gasteiger partial charge in [0.15, 0.2) is 0 Å². The van der Waals surface area contributed by atoms with E-state index in [4.69, 9.17) is 16.7 Å². The van der Waals surface area contributed by atoms with Crippen LogP contribution in [0, 0.1) is 5.92 Å². The molecule has 1 aromatic rings. The Kier molecular flexibility index (Phi) is 3.69. The second kappa shape index (κ2) is 5.07. The Morgan fingerprint density at radius 1 is 1.47 bits per heavy atom. The fraction of sp³-hybridized carbons (Fsp3) is 0.462. The number of nitrogens with one attached hydrogen (secondary N) is 1. The molecule has 0 aliphatic heterocycles. The van der Waals surface area contributed by atoms with E-state index in [9.17, 15) is 4.79 Å². The van der Waals surface area contributed by atoms with Crippen molar-refractivity contribution in [3.8, 4) is 0 Å². The van der Waals surface area contributed by atoms with Crippen molar-refractivity contribution in [1.29, 1.82) is 0 Å². The van der Waals surface area contributed by atoms with Crippen molar-refractivity contribution >= 4 is 17.6 Å². The maximum Gasteiger partial charge on any atom is 0.308 e. The van der Waals surface area contributed by atoms with Crippen LogP contribution in [0.4, 0.5) is 0 Å². The predicted octanol–water partition coefficient (Wildman–Crippen LogP) is 2.85. The van der Waals surface area contributed by atoms with E-state index < -0.39 is 5.97 Å². The number of hydrogen-bond acceptors (Lipinski definition) is 2. The van der Waals surface area contributed by atoms with E-state index in [1.165, 1.54) is 0 Å². The highest BCUT2D eigenvalue weighted by Gasteiger charge is 2.37. The number of rotatable bonds is 4. The van der Waals surface area contributed by atoms with Gasteiger partial charge in [-0.1, -0.05) is 29.8 Å². The molecule has 92 valence electrons. The molecule has 0 heterocycles. The normalized spacial score (nSPS) is 25.1. The van der Waals surface area contributed by atoms with Crippen molar-refractivity contribution in [3.05, 3.63) is 34.9 Å². The SMILES string of the molecule is CC(NC1CCC1C(=O)O)c1ccccc1Cl. The third-order valence-corrected chi connectivity index (χ3v) is 3.77. The van der Waals surface area contributed by atoms with Gasteiger partial charge in [-0.05, 0) is 31.4 Å². The first kappa shape index (κ1) is 12.4. The fourth-order valence-corrected chi connectivity index (χ4v) is 2.53. The average Bonchev–Trinajstić information content (AvgIpc) is 2.24. The standard InChI is InChI=1S/C13H16ClNO2/c1-8(9-4-2-3-5-11(9)14)15-12-7-6-10(12)13(16)17/h2-5,8,10,12,15H,6-7H2,1H3,(H,16,17). The molecule has 3 unspecified atom stereocenters. The summed E-state index contributed by atoms with van der Waals surface area (Å²) in [5.41, 5.74) is 1.02. The van der Waals surface area contributed by atoms with Crippen LogP contribution in [0.1, 0.15) is 31.4 Å². The van der Waals surface area contributed by atoms with Gasteiger partial charge in [-0.3, -0.25) is 4.79 Å².